The molecule has 1 aliphatic rings. The first-order valence-corrected chi connectivity index (χ1v) is 7.28. The highest BCUT2D eigenvalue weighted by Gasteiger charge is 2.20. The van der Waals surface area contributed by atoms with Crippen LogP contribution in [0.3, 0.4) is 0 Å². The number of nitrogens with zero attached hydrogens (tertiary/aromatic N) is 1. The Kier molecular flexibility index (Phi) is 3.65. The fraction of sp³-hybridized carbons (Fsp3) is 0.125. The maximum atomic E-state index is 13.1. The standard InChI is InChI=1S/C16H12FNOS/c17-11-6-7-15-14(8-11)16(19)9-12(18-15)10-20-13-4-2-1-3-5-13/h1-8H,9-10H2. The van der Waals surface area contributed by atoms with Crippen LogP contribution in [0.15, 0.2) is 58.4 Å². The summed E-state index contributed by atoms with van der Waals surface area (Å²) in [4.78, 5) is 17.6. The maximum absolute atomic E-state index is 13.1. The Hall–Kier alpha value is -1.94. The van der Waals surface area contributed by atoms with Crippen LogP contribution < -0.4 is 0 Å². The number of hydrogen-bond acceptors (Lipinski definition) is 3. The van der Waals surface area contributed by atoms with Crippen LogP contribution in [0.25, 0.3) is 0 Å². The lowest BCUT2D eigenvalue weighted by molar-refractivity contribution is 0.0999. The van der Waals surface area contributed by atoms with Gasteiger partial charge in [-0.2, -0.15) is 0 Å². The van der Waals surface area contributed by atoms with E-state index in [1.165, 1.54) is 12.1 Å². The van der Waals surface area contributed by atoms with Crippen molar-refractivity contribution in [3.05, 3.63) is 59.9 Å². The third-order valence-electron chi connectivity index (χ3n) is 3.05. The predicted molar refractivity (Wildman–Crippen MR) is 79.6 cm³/mol. The predicted octanol–water partition coefficient (Wildman–Crippen LogP) is 4.28. The van der Waals surface area contributed by atoms with E-state index in [9.17, 15) is 9.18 Å². The molecule has 0 amide bonds. The summed E-state index contributed by atoms with van der Waals surface area (Å²) in [6.45, 7) is 0. The van der Waals surface area contributed by atoms with Gasteiger partial charge in [0.15, 0.2) is 5.78 Å². The molecule has 20 heavy (non-hydrogen) atoms. The van der Waals surface area contributed by atoms with Gasteiger partial charge in [-0.3, -0.25) is 9.79 Å². The number of aliphatic imine (C=N–C) groups is 1. The van der Waals surface area contributed by atoms with Crippen molar-refractivity contribution in [2.75, 3.05) is 5.75 Å². The average molecular weight is 285 g/mol. The number of ketones is 1. The monoisotopic (exact) mass is 285 g/mol. The van der Waals surface area contributed by atoms with Gasteiger partial charge in [0.2, 0.25) is 0 Å². The van der Waals surface area contributed by atoms with Crippen molar-refractivity contribution in [3.63, 3.8) is 0 Å². The molecule has 2 aromatic rings. The molecule has 0 aromatic heterocycles. The Balaban J connectivity index is 1.79. The Morgan fingerprint density at radius 1 is 1.15 bits per heavy atom. The molecular weight excluding hydrogens is 273 g/mol. The van der Waals surface area contributed by atoms with E-state index in [0.717, 1.165) is 10.6 Å². The van der Waals surface area contributed by atoms with Crippen molar-refractivity contribution in [2.24, 2.45) is 4.99 Å². The van der Waals surface area contributed by atoms with Gasteiger partial charge in [0.1, 0.15) is 5.82 Å². The fourth-order valence-corrected chi connectivity index (χ4v) is 2.94. The third-order valence-corrected chi connectivity index (χ3v) is 4.13. The lowest BCUT2D eigenvalue weighted by Gasteiger charge is -2.14. The summed E-state index contributed by atoms with van der Waals surface area (Å²) in [6, 6.07) is 14.2. The number of benzene rings is 2. The van der Waals surface area contributed by atoms with Gasteiger partial charge in [0.25, 0.3) is 0 Å². The van der Waals surface area contributed by atoms with Gasteiger partial charge >= 0.3 is 0 Å². The van der Waals surface area contributed by atoms with Gasteiger partial charge in [0.05, 0.1) is 12.1 Å². The van der Waals surface area contributed by atoms with Crippen molar-refractivity contribution in [1.29, 1.82) is 0 Å². The van der Waals surface area contributed by atoms with Crippen LogP contribution in [0.2, 0.25) is 0 Å². The van der Waals surface area contributed by atoms with Gasteiger partial charge in [-0.15, -0.1) is 11.8 Å². The van der Waals surface area contributed by atoms with Crippen LogP contribution >= 0.6 is 11.8 Å². The van der Waals surface area contributed by atoms with Crippen LogP contribution in [0.5, 0.6) is 0 Å². The Bertz CT molecular complexity index is 682. The molecule has 2 aromatic carbocycles. The first-order valence-electron chi connectivity index (χ1n) is 6.29. The fourth-order valence-electron chi connectivity index (χ4n) is 2.09. The van der Waals surface area contributed by atoms with Gasteiger partial charge < -0.3 is 0 Å². The summed E-state index contributed by atoms with van der Waals surface area (Å²) in [6.07, 6.45) is 0.274. The molecule has 0 unspecified atom stereocenters. The van der Waals surface area contributed by atoms with Crippen molar-refractivity contribution < 1.29 is 9.18 Å². The molecule has 0 fully saturated rings. The van der Waals surface area contributed by atoms with E-state index < -0.39 is 5.82 Å². The molecule has 0 bridgehead atoms. The first-order chi connectivity index (χ1) is 9.72. The van der Waals surface area contributed by atoms with Gasteiger partial charge in [0, 0.05) is 21.9 Å². The smallest absolute Gasteiger partial charge is 0.170 e. The number of carbonyl (C=O) groups is 1. The Morgan fingerprint density at radius 2 is 1.95 bits per heavy atom. The SMILES string of the molecule is O=C1CC(CSc2ccccc2)=Nc2ccc(F)cc21. The molecule has 3 rings (SSSR count). The molecule has 0 radical (unpaired) electrons. The second-order valence-electron chi connectivity index (χ2n) is 4.54. The lowest BCUT2D eigenvalue weighted by Crippen LogP contribution is -2.15. The number of Topliss-reactive ketones (excluding diaryl/α,β-unsaturated/α-hetero) is 1. The molecule has 1 aliphatic heterocycles. The minimum Gasteiger partial charge on any atom is -0.294 e. The second-order valence-corrected chi connectivity index (χ2v) is 5.59. The van der Waals surface area contributed by atoms with E-state index in [2.05, 4.69) is 4.99 Å². The van der Waals surface area contributed by atoms with Gasteiger partial charge in [-0.25, -0.2) is 4.39 Å². The third kappa shape index (κ3) is 2.80. The summed E-state index contributed by atoms with van der Waals surface area (Å²) >= 11 is 1.65. The zero-order valence-electron chi connectivity index (χ0n) is 10.7. The molecule has 100 valence electrons. The number of hydrogen-bond donors (Lipinski definition) is 0. The molecule has 0 atom stereocenters. The zero-order valence-corrected chi connectivity index (χ0v) is 11.5. The highest BCUT2D eigenvalue weighted by molar-refractivity contribution is 8.00. The molecule has 0 aliphatic carbocycles. The topological polar surface area (TPSA) is 29.4 Å². The summed E-state index contributed by atoms with van der Waals surface area (Å²) in [5.74, 6) is 0.222. The number of halogens is 1. The molecule has 0 spiro atoms. The molecule has 1 heterocycles. The molecule has 2 nitrogen and oxygen atoms in total. The largest absolute Gasteiger partial charge is 0.294 e. The molecule has 0 saturated carbocycles. The van der Waals surface area contributed by atoms with E-state index in [0.29, 0.717) is 17.0 Å². The number of carbonyl (C=O) groups excluding carboxylic acids is 1. The van der Waals surface area contributed by atoms with Crippen molar-refractivity contribution in [1.82, 2.24) is 0 Å². The minimum atomic E-state index is -0.394. The quantitative estimate of drug-likeness (QED) is 0.788. The van der Waals surface area contributed by atoms with E-state index in [1.807, 2.05) is 30.3 Å². The summed E-state index contributed by atoms with van der Waals surface area (Å²) in [7, 11) is 0. The van der Waals surface area contributed by atoms with Crippen LogP contribution in [0, 0.1) is 5.82 Å². The van der Waals surface area contributed by atoms with E-state index >= 15 is 0 Å². The highest BCUT2D eigenvalue weighted by atomic mass is 32.2. The van der Waals surface area contributed by atoms with Gasteiger partial charge in [-0.05, 0) is 30.3 Å². The zero-order chi connectivity index (χ0) is 13.9. The van der Waals surface area contributed by atoms with E-state index in [1.54, 1.807) is 17.8 Å². The molecule has 0 saturated heterocycles. The van der Waals surface area contributed by atoms with Crippen LogP contribution in [0.1, 0.15) is 16.8 Å². The van der Waals surface area contributed by atoms with Crippen LogP contribution in [0.4, 0.5) is 10.1 Å². The molecule has 0 N–H and O–H groups in total. The highest BCUT2D eigenvalue weighted by Crippen LogP contribution is 2.28. The lowest BCUT2D eigenvalue weighted by atomic mass is 10.0. The normalized spacial score (nSPS) is 13.8. The Labute approximate surface area is 120 Å². The maximum Gasteiger partial charge on any atom is 0.170 e. The van der Waals surface area contributed by atoms with Gasteiger partial charge in [-0.1, -0.05) is 18.2 Å². The van der Waals surface area contributed by atoms with Crippen molar-refractivity contribution in [2.45, 2.75) is 11.3 Å². The summed E-state index contributed by atoms with van der Waals surface area (Å²) < 4.78 is 13.1. The van der Waals surface area contributed by atoms with Crippen LogP contribution in [-0.2, 0) is 0 Å². The Morgan fingerprint density at radius 3 is 2.75 bits per heavy atom. The minimum absolute atomic E-state index is 0.0573. The van der Waals surface area contributed by atoms with E-state index in [-0.39, 0.29) is 12.2 Å². The average Bonchev–Trinajstić information content (AvgIpc) is 2.47. The summed E-state index contributed by atoms with van der Waals surface area (Å²) in [5.41, 5.74) is 1.80. The second kappa shape index (κ2) is 5.59. The van der Waals surface area contributed by atoms with Crippen LogP contribution in [-0.4, -0.2) is 17.2 Å². The van der Waals surface area contributed by atoms with E-state index in [4.69, 9.17) is 0 Å². The van der Waals surface area contributed by atoms with Crippen molar-refractivity contribution >= 4 is 28.9 Å². The number of rotatable bonds is 3. The molecule has 4 heteroatoms. The summed E-state index contributed by atoms with van der Waals surface area (Å²) in [5, 5.41) is 0. The van der Waals surface area contributed by atoms with Crippen molar-refractivity contribution in [3.8, 4) is 0 Å². The first kappa shape index (κ1) is 13.1. The number of fused-ring (bicyclic) bond motifs is 1. The molecular formula is C16H12FNOS. The number of thioether (sulfide) groups is 1.